The largest absolute Gasteiger partial charge is 0.482 e. The molecule has 1 aromatic carbocycles. The van der Waals surface area contributed by atoms with E-state index in [0.29, 0.717) is 17.3 Å². The molecule has 0 aliphatic carbocycles. The normalized spacial score (nSPS) is 11.3. The van der Waals surface area contributed by atoms with E-state index in [0.717, 1.165) is 12.1 Å². The van der Waals surface area contributed by atoms with Gasteiger partial charge in [-0.05, 0) is 45.4 Å². The van der Waals surface area contributed by atoms with Crippen molar-refractivity contribution in [2.75, 3.05) is 20.2 Å². The SMILES string of the molecule is CCN(C)C(=O)COc1ccc(CNC(C)(C)C)cc1Cl. The molecule has 0 bridgehead atoms. The minimum atomic E-state index is -0.0629. The van der Waals surface area contributed by atoms with Crippen molar-refractivity contribution in [3.05, 3.63) is 28.8 Å². The lowest BCUT2D eigenvalue weighted by Gasteiger charge is -2.21. The van der Waals surface area contributed by atoms with Crippen molar-refractivity contribution in [1.82, 2.24) is 10.2 Å². The highest BCUT2D eigenvalue weighted by molar-refractivity contribution is 6.32. The summed E-state index contributed by atoms with van der Waals surface area (Å²) in [7, 11) is 1.74. The molecule has 0 radical (unpaired) electrons. The molecule has 0 aromatic heterocycles. The minimum absolute atomic E-state index is 0.00362. The smallest absolute Gasteiger partial charge is 0.260 e. The molecule has 1 rings (SSSR count). The third-order valence-electron chi connectivity index (χ3n) is 3.07. The number of nitrogens with one attached hydrogen (secondary N) is 1. The van der Waals surface area contributed by atoms with Crippen molar-refractivity contribution in [3.63, 3.8) is 0 Å². The molecule has 1 N–H and O–H groups in total. The molecule has 0 atom stereocenters. The number of carbonyl (C=O) groups is 1. The molecule has 0 saturated carbocycles. The fraction of sp³-hybridized carbons (Fsp3) is 0.562. The van der Waals surface area contributed by atoms with Crippen molar-refractivity contribution in [3.8, 4) is 5.75 Å². The molecule has 118 valence electrons. The van der Waals surface area contributed by atoms with E-state index in [2.05, 4.69) is 26.1 Å². The Morgan fingerprint density at radius 1 is 1.38 bits per heavy atom. The molecule has 21 heavy (non-hydrogen) atoms. The van der Waals surface area contributed by atoms with Gasteiger partial charge in [-0.3, -0.25) is 4.79 Å². The summed E-state index contributed by atoms with van der Waals surface area (Å²) in [6, 6.07) is 5.62. The van der Waals surface area contributed by atoms with Gasteiger partial charge in [0.2, 0.25) is 0 Å². The van der Waals surface area contributed by atoms with Crippen LogP contribution in [0.2, 0.25) is 5.02 Å². The van der Waals surface area contributed by atoms with E-state index in [1.54, 1.807) is 18.0 Å². The Bertz CT molecular complexity index is 484. The number of nitrogens with zero attached hydrogens (tertiary/aromatic N) is 1. The quantitative estimate of drug-likeness (QED) is 0.877. The van der Waals surface area contributed by atoms with E-state index in [-0.39, 0.29) is 18.1 Å². The predicted molar refractivity (Wildman–Crippen MR) is 86.9 cm³/mol. The number of halogens is 1. The van der Waals surface area contributed by atoms with Gasteiger partial charge in [0.15, 0.2) is 6.61 Å². The summed E-state index contributed by atoms with van der Waals surface area (Å²) in [5.74, 6) is 0.473. The number of carbonyl (C=O) groups excluding carboxylic acids is 1. The number of rotatable bonds is 6. The molecule has 0 unspecified atom stereocenters. The zero-order valence-corrected chi connectivity index (χ0v) is 14.3. The van der Waals surface area contributed by atoms with Gasteiger partial charge in [-0.25, -0.2) is 0 Å². The maximum atomic E-state index is 11.7. The third-order valence-corrected chi connectivity index (χ3v) is 3.37. The molecule has 0 saturated heterocycles. The van der Waals surface area contributed by atoms with Crippen LogP contribution in [0.3, 0.4) is 0 Å². The van der Waals surface area contributed by atoms with Gasteiger partial charge in [0.05, 0.1) is 5.02 Å². The van der Waals surface area contributed by atoms with E-state index in [4.69, 9.17) is 16.3 Å². The van der Waals surface area contributed by atoms with Crippen LogP contribution in [0.25, 0.3) is 0 Å². The lowest BCUT2D eigenvalue weighted by atomic mass is 10.1. The van der Waals surface area contributed by atoms with Gasteiger partial charge in [0.25, 0.3) is 5.91 Å². The van der Waals surface area contributed by atoms with E-state index >= 15 is 0 Å². The van der Waals surface area contributed by atoms with Crippen LogP contribution in [0.4, 0.5) is 0 Å². The Morgan fingerprint density at radius 3 is 2.57 bits per heavy atom. The number of amides is 1. The fourth-order valence-electron chi connectivity index (χ4n) is 1.56. The predicted octanol–water partition coefficient (Wildman–Crippen LogP) is 3.09. The second-order valence-corrected chi connectivity index (χ2v) is 6.47. The molecule has 0 heterocycles. The average molecular weight is 313 g/mol. The summed E-state index contributed by atoms with van der Waals surface area (Å²) in [6.07, 6.45) is 0. The van der Waals surface area contributed by atoms with Crippen molar-refractivity contribution in [2.45, 2.75) is 39.8 Å². The second kappa shape index (κ2) is 7.66. The lowest BCUT2D eigenvalue weighted by Crippen LogP contribution is -2.35. The van der Waals surface area contributed by atoms with Gasteiger partial charge < -0.3 is 15.0 Å². The maximum absolute atomic E-state index is 11.7. The zero-order chi connectivity index (χ0) is 16.0. The summed E-state index contributed by atoms with van der Waals surface area (Å²) in [5.41, 5.74) is 1.14. The Kier molecular flexibility index (Phi) is 6.49. The first-order chi connectivity index (χ1) is 9.73. The van der Waals surface area contributed by atoms with Crippen LogP contribution in [-0.4, -0.2) is 36.5 Å². The summed E-state index contributed by atoms with van der Waals surface area (Å²) >= 11 is 6.20. The lowest BCUT2D eigenvalue weighted by molar-refractivity contribution is -0.131. The molecular formula is C16H25ClN2O2. The van der Waals surface area contributed by atoms with Crippen LogP contribution < -0.4 is 10.1 Å². The highest BCUT2D eigenvalue weighted by Gasteiger charge is 2.11. The van der Waals surface area contributed by atoms with Gasteiger partial charge in [-0.2, -0.15) is 0 Å². The minimum Gasteiger partial charge on any atom is -0.482 e. The number of ether oxygens (including phenoxy) is 1. The van der Waals surface area contributed by atoms with Crippen LogP contribution in [0.1, 0.15) is 33.3 Å². The van der Waals surface area contributed by atoms with Gasteiger partial charge >= 0.3 is 0 Å². The van der Waals surface area contributed by atoms with E-state index in [1.165, 1.54) is 0 Å². The Hall–Kier alpha value is -1.26. The number of hydrogen-bond acceptors (Lipinski definition) is 3. The molecule has 4 nitrogen and oxygen atoms in total. The maximum Gasteiger partial charge on any atom is 0.260 e. The van der Waals surface area contributed by atoms with Gasteiger partial charge in [0.1, 0.15) is 5.75 Å². The molecule has 0 aliphatic heterocycles. The molecular weight excluding hydrogens is 288 g/mol. The van der Waals surface area contributed by atoms with Crippen molar-refractivity contribution < 1.29 is 9.53 Å². The van der Waals surface area contributed by atoms with Gasteiger partial charge in [-0.1, -0.05) is 17.7 Å². The second-order valence-electron chi connectivity index (χ2n) is 6.06. The first-order valence-electron chi connectivity index (χ1n) is 7.13. The summed E-state index contributed by atoms with van der Waals surface area (Å²) in [6.45, 7) is 9.66. The molecule has 1 aromatic rings. The van der Waals surface area contributed by atoms with Crippen LogP contribution in [-0.2, 0) is 11.3 Å². The summed E-state index contributed by atoms with van der Waals surface area (Å²) < 4.78 is 5.48. The van der Waals surface area contributed by atoms with Crippen molar-refractivity contribution in [1.29, 1.82) is 0 Å². The van der Waals surface area contributed by atoms with Crippen LogP contribution in [0, 0.1) is 0 Å². The first-order valence-corrected chi connectivity index (χ1v) is 7.51. The topological polar surface area (TPSA) is 41.6 Å². The molecule has 5 heteroatoms. The number of hydrogen-bond donors (Lipinski definition) is 1. The Balaban J connectivity index is 2.60. The summed E-state index contributed by atoms with van der Waals surface area (Å²) in [4.78, 5) is 13.3. The van der Waals surface area contributed by atoms with Crippen molar-refractivity contribution >= 4 is 17.5 Å². The zero-order valence-electron chi connectivity index (χ0n) is 13.5. The standard InChI is InChI=1S/C16H25ClN2O2/c1-6-19(5)15(20)11-21-14-8-7-12(9-13(14)17)10-18-16(2,3)4/h7-9,18H,6,10-11H2,1-5H3. The molecule has 1 amide bonds. The number of benzene rings is 1. The molecule has 0 spiro atoms. The first kappa shape index (κ1) is 17.8. The average Bonchev–Trinajstić information content (AvgIpc) is 2.42. The number of likely N-dealkylation sites (N-methyl/N-ethyl adjacent to an activating group) is 1. The van der Waals surface area contributed by atoms with Crippen LogP contribution >= 0.6 is 11.6 Å². The highest BCUT2D eigenvalue weighted by atomic mass is 35.5. The van der Waals surface area contributed by atoms with Crippen LogP contribution in [0.5, 0.6) is 5.75 Å². The highest BCUT2D eigenvalue weighted by Crippen LogP contribution is 2.25. The van der Waals surface area contributed by atoms with E-state index < -0.39 is 0 Å². The Morgan fingerprint density at radius 2 is 2.05 bits per heavy atom. The molecule has 0 fully saturated rings. The van der Waals surface area contributed by atoms with Crippen molar-refractivity contribution in [2.24, 2.45) is 0 Å². The van der Waals surface area contributed by atoms with E-state index in [1.807, 2.05) is 19.1 Å². The van der Waals surface area contributed by atoms with Gasteiger partial charge in [-0.15, -0.1) is 0 Å². The third kappa shape index (κ3) is 6.36. The monoisotopic (exact) mass is 312 g/mol. The summed E-state index contributed by atoms with van der Waals surface area (Å²) in [5, 5.41) is 3.92. The molecule has 0 aliphatic rings. The van der Waals surface area contributed by atoms with Gasteiger partial charge in [0, 0.05) is 25.7 Å². The Labute approximate surface area is 132 Å². The fourth-order valence-corrected chi connectivity index (χ4v) is 1.82. The van der Waals surface area contributed by atoms with Crippen LogP contribution in [0.15, 0.2) is 18.2 Å². The van der Waals surface area contributed by atoms with E-state index in [9.17, 15) is 4.79 Å².